The summed E-state index contributed by atoms with van der Waals surface area (Å²) in [6.07, 6.45) is 1.61. The highest BCUT2D eigenvalue weighted by molar-refractivity contribution is 5.91. The van der Waals surface area contributed by atoms with Crippen molar-refractivity contribution in [2.75, 3.05) is 36.4 Å². The second-order valence-electron chi connectivity index (χ2n) is 9.04. The molecule has 3 heterocycles. The number of amides is 1. The van der Waals surface area contributed by atoms with Crippen LogP contribution in [0.3, 0.4) is 0 Å². The van der Waals surface area contributed by atoms with Crippen molar-refractivity contribution in [1.82, 2.24) is 10.3 Å². The first-order valence-electron chi connectivity index (χ1n) is 11.7. The van der Waals surface area contributed by atoms with E-state index < -0.39 is 11.7 Å². The second-order valence-corrected chi connectivity index (χ2v) is 9.04. The fraction of sp³-hybridized carbons (Fsp3) is 0.480. The van der Waals surface area contributed by atoms with Crippen molar-refractivity contribution in [3.05, 3.63) is 53.2 Å². The topological polar surface area (TPSA) is 81.0 Å². The molecule has 1 aromatic heterocycles. The van der Waals surface area contributed by atoms with Crippen LogP contribution in [0.2, 0.25) is 0 Å². The third-order valence-electron chi connectivity index (χ3n) is 6.72. The standard InChI is InChI=1S/C25H28F3N5O/c26-25(27,28)22-14-21(3-2-20(22)15-29)33-11-7-19(8-12-33)24(34)32-23-4-1-18(16-31-23)13-17-5-9-30-10-6-17/h1-4,14,16-17,19,30H,5-13H2,(H,31,32,34). The zero-order valence-corrected chi connectivity index (χ0v) is 18.9. The Bertz CT molecular complexity index is 1030. The van der Waals surface area contributed by atoms with Gasteiger partial charge in [-0.25, -0.2) is 4.98 Å². The number of pyridine rings is 1. The Labute approximate surface area is 197 Å². The molecule has 2 aromatic rings. The predicted octanol–water partition coefficient (Wildman–Crippen LogP) is 4.37. The summed E-state index contributed by atoms with van der Waals surface area (Å²) in [6, 6.07) is 9.20. The molecule has 2 N–H and O–H groups in total. The molecule has 180 valence electrons. The number of halogens is 3. The van der Waals surface area contributed by atoms with Crippen molar-refractivity contribution in [2.45, 2.75) is 38.3 Å². The molecule has 0 spiro atoms. The fourth-order valence-electron chi connectivity index (χ4n) is 4.73. The van der Waals surface area contributed by atoms with Gasteiger partial charge in [-0.05, 0) is 80.9 Å². The number of hydrogen-bond donors (Lipinski definition) is 2. The van der Waals surface area contributed by atoms with Gasteiger partial charge in [-0.2, -0.15) is 18.4 Å². The van der Waals surface area contributed by atoms with Crippen LogP contribution in [0.4, 0.5) is 24.7 Å². The van der Waals surface area contributed by atoms with Crippen LogP contribution in [-0.2, 0) is 17.4 Å². The first-order chi connectivity index (χ1) is 16.3. The van der Waals surface area contributed by atoms with Crippen LogP contribution in [0, 0.1) is 23.2 Å². The van der Waals surface area contributed by atoms with E-state index >= 15 is 0 Å². The summed E-state index contributed by atoms with van der Waals surface area (Å²) < 4.78 is 39.8. The van der Waals surface area contributed by atoms with Crippen LogP contribution in [0.25, 0.3) is 0 Å². The fourth-order valence-corrected chi connectivity index (χ4v) is 4.73. The summed E-state index contributed by atoms with van der Waals surface area (Å²) in [7, 11) is 0. The number of piperidine rings is 2. The molecule has 34 heavy (non-hydrogen) atoms. The maximum absolute atomic E-state index is 13.3. The van der Waals surface area contributed by atoms with E-state index in [-0.39, 0.29) is 17.4 Å². The Hall–Kier alpha value is -3.12. The van der Waals surface area contributed by atoms with Gasteiger partial charge in [-0.1, -0.05) is 6.07 Å². The van der Waals surface area contributed by atoms with Crippen LogP contribution < -0.4 is 15.5 Å². The van der Waals surface area contributed by atoms with Crippen molar-refractivity contribution < 1.29 is 18.0 Å². The van der Waals surface area contributed by atoms with Crippen molar-refractivity contribution in [3.63, 3.8) is 0 Å². The van der Waals surface area contributed by atoms with Gasteiger partial charge >= 0.3 is 6.18 Å². The van der Waals surface area contributed by atoms with Gasteiger partial charge < -0.3 is 15.5 Å². The SMILES string of the molecule is N#Cc1ccc(N2CCC(C(=O)Nc3ccc(CC4CCNCC4)cn3)CC2)cc1C(F)(F)F. The van der Waals surface area contributed by atoms with Gasteiger partial charge in [0.2, 0.25) is 5.91 Å². The first kappa shape index (κ1) is 24.0. The molecule has 0 unspecified atom stereocenters. The van der Waals surface area contributed by atoms with E-state index in [1.54, 1.807) is 6.07 Å². The van der Waals surface area contributed by atoms with E-state index in [0.29, 0.717) is 43.4 Å². The molecule has 2 saturated heterocycles. The van der Waals surface area contributed by atoms with E-state index in [0.717, 1.165) is 38.4 Å². The average molecular weight is 472 g/mol. The Morgan fingerprint density at radius 3 is 2.50 bits per heavy atom. The highest BCUT2D eigenvalue weighted by atomic mass is 19.4. The summed E-state index contributed by atoms with van der Waals surface area (Å²) in [6.45, 7) is 3.03. The van der Waals surface area contributed by atoms with Crippen LogP contribution in [0.5, 0.6) is 0 Å². The molecule has 6 nitrogen and oxygen atoms in total. The lowest BCUT2D eigenvalue weighted by atomic mass is 9.92. The van der Waals surface area contributed by atoms with Gasteiger partial charge in [0.05, 0.1) is 17.2 Å². The van der Waals surface area contributed by atoms with E-state index in [9.17, 15) is 18.0 Å². The van der Waals surface area contributed by atoms with Gasteiger partial charge in [0.15, 0.2) is 0 Å². The first-order valence-corrected chi connectivity index (χ1v) is 11.7. The van der Waals surface area contributed by atoms with Crippen molar-refractivity contribution in [1.29, 1.82) is 5.26 Å². The van der Waals surface area contributed by atoms with Gasteiger partial charge in [-0.15, -0.1) is 0 Å². The van der Waals surface area contributed by atoms with E-state index in [1.165, 1.54) is 17.7 Å². The van der Waals surface area contributed by atoms with Gasteiger partial charge in [-0.3, -0.25) is 4.79 Å². The minimum absolute atomic E-state index is 0.117. The van der Waals surface area contributed by atoms with E-state index in [4.69, 9.17) is 5.26 Å². The number of rotatable bonds is 5. The number of nitrogens with zero attached hydrogens (tertiary/aromatic N) is 3. The van der Waals surface area contributed by atoms with Crippen molar-refractivity contribution >= 4 is 17.4 Å². The van der Waals surface area contributed by atoms with Crippen LogP contribution in [0.15, 0.2) is 36.5 Å². The number of benzene rings is 1. The van der Waals surface area contributed by atoms with E-state index in [2.05, 4.69) is 15.6 Å². The van der Waals surface area contributed by atoms with Crippen LogP contribution >= 0.6 is 0 Å². The molecule has 9 heteroatoms. The molecule has 0 saturated carbocycles. The lowest BCUT2D eigenvalue weighted by molar-refractivity contribution is -0.137. The molecule has 1 amide bonds. The number of alkyl halides is 3. The Kier molecular flexibility index (Phi) is 7.37. The smallest absolute Gasteiger partial charge is 0.371 e. The average Bonchev–Trinajstić information content (AvgIpc) is 2.85. The molecule has 0 bridgehead atoms. The predicted molar refractivity (Wildman–Crippen MR) is 123 cm³/mol. The van der Waals surface area contributed by atoms with Gasteiger partial charge in [0.25, 0.3) is 0 Å². The summed E-state index contributed by atoms with van der Waals surface area (Å²) >= 11 is 0. The number of hydrogen-bond acceptors (Lipinski definition) is 5. The van der Waals surface area contributed by atoms with Crippen LogP contribution in [0.1, 0.15) is 42.4 Å². The Morgan fingerprint density at radius 1 is 1.15 bits per heavy atom. The number of carbonyl (C=O) groups is 1. The van der Waals surface area contributed by atoms with E-state index in [1.807, 2.05) is 23.2 Å². The molecular weight excluding hydrogens is 443 g/mol. The summed E-state index contributed by atoms with van der Waals surface area (Å²) in [5.74, 6) is 0.836. The second kappa shape index (κ2) is 10.4. The minimum atomic E-state index is -4.59. The highest BCUT2D eigenvalue weighted by Gasteiger charge is 2.35. The molecule has 1 aromatic carbocycles. The zero-order chi connectivity index (χ0) is 24.1. The molecule has 4 rings (SSSR count). The lowest BCUT2D eigenvalue weighted by Crippen LogP contribution is -2.38. The largest absolute Gasteiger partial charge is 0.417 e. The monoisotopic (exact) mass is 471 g/mol. The molecule has 0 atom stereocenters. The van der Waals surface area contributed by atoms with Crippen molar-refractivity contribution in [2.24, 2.45) is 11.8 Å². The number of aromatic nitrogens is 1. The van der Waals surface area contributed by atoms with Crippen LogP contribution in [-0.4, -0.2) is 37.1 Å². The molecule has 2 aliphatic rings. The summed E-state index contributed by atoms with van der Waals surface area (Å²) in [4.78, 5) is 18.9. The molecular formula is C25H28F3N5O. The molecule has 2 fully saturated rings. The quantitative estimate of drug-likeness (QED) is 0.677. The Morgan fingerprint density at radius 2 is 1.88 bits per heavy atom. The zero-order valence-electron chi connectivity index (χ0n) is 18.9. The number of carbonyl (C=O) groups excluding carboxylic acids is 1. The number of nitriles is 1. The molecule has 0 radical (unpaired) electrons. The number of anilines is 2. The normalized spacial score (nSPS) is 17.9. The summed E-state index contributed by atoms with van der Waals surface area (Å²) in [5.41, 5.74) is 0.261. The lowest BCUT2D eigenvalue weighted by Gasteiger charge is -2.33. The van der Waals surface area contributed by atoms with Gasteiger partial charge in [0, 0.05) is 30.9 Å². The van der Waals surface area contributed by atoms with Gasteiger partial charge in [0.1, 0.15) is 5.82 Å². The maximum Gasteiger partial charge on any atom is 0.417 e. The minimum Gasteiger partial charge on any atom is -0.371 e. The summed E-state index contributed by atoms with van der Waals surface area (Å²) in [5, 5.41) is 15.2. The number of nitrogens with one attached hydrogen (secondary N) is 2. The van der Waals surface area contributed by atoms with Crippen molar-refractivity contribution in [3.8, 4) is 6.07 Å². The molecule has 2 aliphatic heterocycles. The molecule has 0 aliphatic carbocycles. The maximum atomic E-state index is 13.3. The third kappa shape index (κ3) is 5.86. The third-order valence-corrected chi connectivity index (χ3v) is 6.72. The Balaban J connectivity index is 1.30. The highest BCUT2D eigenvalue weighted by Crippen LogP contribution is 2.35.